The molecule has 1 aliphatic rings. The van der Waals surface area contributed by atoms with Crippen molar-refractivity contribution in [1.29, 1.82) is 0 Å². The Kier molecular flexibility index (Phi) is 3.02. The summed E-state index contributed by atoms with van der Waals surface area (Å²) in [7, 11) is 0. The van der Waals surface area contributed by atoms with E-state index in [9.17, 15) is 0 Å². The van der Waals surface area contributed by atoms with E-state index in [1.54, 1.807) is 0 Å². The van der Waals surface area contributed by atoms with E-state index in [1.807, 2.05) is 24.4 Å². The third kappa shape index (κ3) is 2.11. The van der Waals surface area contributed by atoms with Gasteiger partial charge in [-0.15, -0.1) is 0 Å². The summed E-state index contributed by atoms with van der Waals surface area (Å²) < 4.78 is 5.90. The number of imidazole rings is 1. The highest BCUT2D eigenvalue weighted by atomic mass is 16.5. The van der Waals surface area contributed by atoms with Gasteiger partial charge >= 0.3 is 0 Å². The third-order valence-electron chi connectivity index (χ3n) is 3.17. The van der Waals surface area contributed by atoms with Crippen molar-refractivity contribution in [1.82, 2.24) is 15.3 Å². The van der Waals surface area contributed by atoms with Crippen LogP contribution in [0.3, 0.4) is 0 Å². The van der Waals surface area contributed by atoms with Crippen LogP contribution in [0, 0.1) is 0 Å². The summed E-state index contributed by atoms with van der Waals surface area (Å²) in [4.78, 5) is 7.74. The van der Waals surface area contributed by atoms with E-state index < -0.39 is 0 Å². The van der Waals surface area contributed by atoms with Crippen LogP contribution in [0.4, 0.5) is 0 Å². The molecule has 0 fully saturated rings. The molecule has 1 aromatic carbocycles. The fourth-order valence-corrected chi connectivity index (χ4v) is 2.22. The first-order chi connectivity index (χ1) is 8.86. The van der Waals surface area contributed by atoms with E-state index in [0.29, 0.717) is 0 Å². The van der Waals surface area contributed by atoms with E-state index in [1.165, 1.54) is 5.56 Å². The predicted molar refractivity (Wildman–Crippen MR) is 69.5 cm³/mol. The number of nitrogens with zero attached hydrogens (tertiary/aromatic N) is 1. The van der Waals surface area contributed by atoms with Crippen molar-refractivity contribution in [2.45, 2.75) is 26.0 Å². The second-order valence-electron chi connectivity index (χ2n) is 4.49. The van der Waals surface area contributed by atoms with Crippen molar-refractivity contribution < 1.29 is 4.74 Å². The first-order valence-corrected chi connectivity index (χ1v) is 6.36. The molecule has 2 aromatic rings. The number of aromatic nitrogens is 2. The Balaban J connectivity index is 1.72. The second-order valence-corrected chi connectivity index (χ2v) is 4.49. The number of fused-ring (bicyclic) bond motifs is 1. The highest BCUT2D eigenvalue weighted by Crippen LogP contribution is 2.35. The average molecular weight is 243 g/mol. The molecule has 1 atom stereocenters. The topological polar surface area (TPSA) is 49.9 Å². The molecular formula is C14H17N3O. The summed E-state index contributed by atoms with van der Waals surface area (Å²) in [5.74, 6) is 1.89. The summed E-state index contributed by atoms with van der Waals surface area (Å²) in [6.45, 7) is 3.87. The molecule has 4 heteroatoms. The Morgan fingerprint density at radius 3 is 3.17 bits per heavy atom. The van der Waals surface area contributed by atoms with Crippen LogP contribution in [0.2, 0.25) is 0 Å². The Morgan fingerprint density at radius 2 is 2.33 bits per heavy atom. The van der Waals surface area contributed by atoms with Crippen molar-refractivity contribution in [3.63, 3.8) is 0 Å². The van der Waals surface area contributed by atoms with Crippen molar-refractivity contribution in [3.8, 4) is 5.75 Å². The molecule has 18 heavy (non-hydrogen) atoms. The normalized spacial score (nSPS) is 17.5. The first-order valence-electron chi connectivity index (χ1n) is 6.36. The Bertz CT molecular complexity index is 510. The quantitative estimate of drug-likeness (QED) is 0.865. The van der Waals surface area contributed by atoms with Gasteiger partial charge in [-0.2, -0.15) is 0 Å². The molecule has 2 N–H and O–H groups in total. The molecule has 4 nitrogen and oxygen atoms in total. The molecule has 1 unspecified atom stereocenters. The van der Waals surface area contributed by atoms with E-state index in [4.69, 9.17) is 4.74 Å². The van der Waals surface area contributed by atoms with Gasteiger partial charge in [0.25, 0.3) is 0 Å². The fourth-order valence-electron chi connectivity index (χ4n) is 2.22. The standard InChI is InChI=1S/C14H17N3O/c1-2-15-8-11-9-16-14(17-11)13-7-10-5-3-4-6-12(10)18-13/h3-6,9,13,15H,2,7-8H2,1H3,(H,16,17). The Labute approximate surface area is 106 Å². The molecule has 1 aliphatic heterocycles. The number of hydrogen-bond donors (Lipinski definition) is 2. The average Bonchev–Trinajstić information content (AvgIpc) is 3.02. The highest BCUT2D eigenvalue weighted by Gasteiger charge is 2.25. The molecule has 0 bridgehead atoms. The van der Waals surface area contributed by atoms with E-state index >= 15 is 0 Å². The highest BCUT2D eigenvalue weighted by molar-refractivity contribution is 5.38. The van der Waals surface area contributed by atoms with Crippen LogP contribution in [0.5, 0.6) is 5.75 Å². The summed E-state index contributed by atoms with van der Waals surface area (Å²) in [6.07, 6.45) is 2.80. The minimum absolute atomic E-state index is 0.0257. The number of benzene rings is 1. The zero-order valence-corrected chi connectivity index (χ0v) is 10.4. The Morgan fingerprint density at radius 1 is 1.44 bits per heavy atom. The zero-order valence-electron chi connectivity index (χ0n) is 10.4. The Hall–Kier alpha value is -1.81. The van der Waals surface area contributed by atoms with Crippen LogP contribution in [-0.2, 0) is 13.0 Å². The van der Waals surface area contributed by atoms with E-state index in [0.717, 1.165) is 36.8 Å². The van der Waals surface area contributed by atoms with Gasteiger partial charge in [0.1, 0.15) is 11.6 Å². The SMILES string of the molecule is CCNCc1cnc(C2Cc3ccccc3O2)[nH]1. The number of nitrogens with one attached hydrogen (secondary N) is 2. The minimum Gasteiger partial charge on any atom is -0.482 e. The monoisotopic (exact) mass is 243 g/mol. The number of ether oxygens (including phenoxy) is 1. The number of aromatic amines is 1. The molecule has 2 heterocycles. The van der Waals surface area contributed by atoms with Crippen molar-refractivity contribution >= 4 is 0 Å². The lowest BCUT2D eigenvalue weighted by Crippen LogP contribution is -2.12. The first kappa shape index (κ1) is 11.3. The molecule has 1 aromatic heterocycles. The van der Waals surface area contributed by atoms with Gasteiger partial charge in [0, 0.05) is 24.9 Å². The van der Waals surface area contributed by atoms with Gasteiger partial charge in [-0.25, -0.2) is 4.98 Å². The maximum Gasteiger partial charge on any atom is 0.160 e. The van der Waals surface area contributed by atoms with Gasteiger partial charge in [0.15, 0.2) is 6.10 Å². The van der Waals surface area contributed by atoms with Gasteiger partial charge < -0.3 is 15.0 Å². The summed E-state index contributed by atoms with van der Waals surface area (Å²) in [6, 6.07) is 8.17. The largest absolute Gasteiger partial charge is 0.482 e. The number of para-hydroxylation sites is 1. The van der Waals surface area contributed by atoms with Crippen LogP contribution >= 0.6 is 0 Å². The van der Waals surface area contributed by atoms with Crippen LogP contribution in [0.1, 0.15) is 30.1 Å². The number of H-pyrrole nitrogens is 1. The summed E-state index contributed by atoms with van der Waals surface area (Å²) >= 11 is 0. The third-order valence-corrected chi connectivity index (χ3v) is 3.17. The molecule has 0 radical (unpaired) electrons. The van der Waals surface area contributed by atoms with Gasteiger partial charge in [-0.3, -0.25) is 0 Å². The van der Waals surface area contributed by atoms with Crippen molar-refractivity contribution in [2.75, 3.05) is 6.54 Å². The molecule has 3 rings (SSSR count). The molecule has 94 valence electrons. The molecule has 0 aliphatic carbocycles. The molecule has 0 spiro atoms. The van der Waals surface area contributed by atoms with Crippen LogP contribution < -0.4 is 10.1 Å². The lowest BCUT2D eigenvalue weighted by Gasteiger charge is -2.07. The number of rotatable bonds is 4. The van der Waals surface area contributed by atoms with E-state index in [-0.39, 0.29) is 6.10 Å². The van der Waals surface area contributed by atoms with Gasteiger partial charge in [-0.05, 0) is 18.2 Å². The lowest BCUT2D eigenvalue weighted by molar-refractivity contribution is 0.228. The lowest BCUT2D eigenvalue weighted by atomic mass is 10.1. The second kappa shape index (κ2) is 4.82. The maximum atomic E-state index is 5.90. The zero-order chi connectivity index (χ0) is 12.4. The van der Waals surface area contributed by atoms with Crippen LogP contribution in [-0.4, -0.2) is 16.5 Å². The van der Waals surface area contributed by atoms with E-state index in [2.05, 4.69) is 28.3 Å². The predicted octanol–water partition coefficient (Wildman–Crippen LogP) is 2.20. The number of hydrogen-bond acceptors (Lipinski definition) is 3. The fraction of sp³-hybridized carbons (Fsp3) is 0.357. The summed E-state index contributed by atoms with van der Waals surface area (Å²) in [5, 5.41) is 3.27. The van der Waals surface area contributed by atoms with Crippen molar-refractivity contribution in [2.24, 2.45) is 0 Å². The summed E-state index contributed by atoms with van der Waals surface area (Å²) in [5.41, 5.74) is 2.36. The van der Waals surface area contributed by atoms with Gasteiger partial charge in [0.2, 0.25) is 0 Å². The molecule has 0 saturated heterocycles. The molecular weight excluding hydrogens is 226 g/mol. The smallest absolute Gasteiger partial charge is 0.160 e. The molecule has 0 amide bonds. The van der Waals surface area contributed by atoms with Crippen LogP contribution in [0.25, 0.3) is 0 Å². The maximum absolute atomic E-state index is 5.90. The van der Waals surface area contributed by atoms with Gasteiger partial charge in [0.05, 0.1) is 0 Å². The van der Waals surface area contributed by atoms with Crippen molar-refractivity contribution in [3.05, 3.63) is 47.5 Å². The van der Waals surface area contributed by atoms with Gasteiger partial charge in [-0.1, -0.05) is 25.1 Å². The molecule has 0 saturated carbocycles. The van der Waals surface area contributed by atoms with Crippen LogP contribution in [0.15, 0.2) is 30.5 Å². The minimum atomic E-state index is 0.0257.